The highest BCUT2D eigenvalue weighted by molar-refractivity contribution is 5.95. The van der Waals surface area contributed by atoms with Gasteiger partial charge in [0.25, 0.3) is 0 Å². The van der Waals surface area contributed by atoms with Crippen LogP contribution in [-0.2, 0) is 35.2 Å². The van der Waals surface area contributed by atoms with E-state index in [4.69, 9.17) is 21.7 Å². The molecule has 0 fully saturated rings. The highest BCUT2D eigenvalue weighted by atomic mass is 16.4. The van der Waals surface area contributed by atoms with Crippen LogP contribution in [-0.4, -0.2) is 86.3 Å². The summed E-state index contributed by atoms with van der Waals surface area (Å²) in [5, 5.41) is 43.8. The fourth-order valence-electron chi connectivity index (χ4n) is 3.11. The predicted octanol–water partition coefficient (Wildman–Crippen LogP) is -3.08. The van der Waals surface area contributed by atoms with Gasteiger partial charge in [0.15, 0.2) is 0 Å². The number of aliphatic hydroxyl groups excluding tert-OH is 1. The summed E-state index contributed by atoms with van der Waals surface area (Å²) >= 11 is 0. The number of carbonyl (C=O) groups is 6. The number of phenols is 1. The number of hydrogen-bond acceptors (Lipinski definition) is 9. The van der Waals surface area contributed by atoms with Crippen LogP contribution in [0.5, 0.6) is 5.75 Å². The third-order valence-corrected chi connectivity index (χ3v) is 5.10. The third-order valence-electron chi connectivity index (χ3n) is 5.10. The van der Waals surface area contributed by atoms with Gasteiger partial charge in [0, 0.05) is 6.42 Å². The van der Waals surface area contributed by atoms with Crippen molar-refractivity contribution < 1.29 is 49.2 Å². The Morgan fingerprint density at radius 3 is 1.95 bits per heavy atom. The smallest absolute Gasteiger partial charge is 0.326 e. The number of aliphatic carboxylic acids is 2. The van der Waals surface area contributed by atoms with Crippen LogP contribution in [0.25, 0.3) is 0 Å². The summed E-state index contributed by atoms with van der Waals surface area (Å²) in [5.74, 6) is -6.98. The Hall–Kier alpha value is -4.24. The first-order valence-corrected chi connectivity index (χ1v) is 11.1. The van der Waals surface area contributed by atoms with E-state index in [1.54, 1.807) is 0 Å². The summed E-state index contributed by atoms with van der Waals surface area (Å²) in [7, 11) is 0. The number of amides is 4. The van der Waals surface area contributed by atoms with Crippen LogP contribution in [0.15, 0.2) is 24.3 Å². The van der Waals surface area contributed by atoms with Gasteiger partial charge in [0.1, 0.15) is 23.9 Å². The normalized spacial score (nSPS) is 14.8. The lowest BCUT2D eigenvalue weighted by Crippen LogP contribution is -2.60. The number of rotatable bonds is 15. The summed E-state index contributed by atoms with van der Waals surface area (Å²) in [6.45, 7) is 1.18. The minimum atomic E-state index is -1.83. The molecule has 15 heteroatoms. The van der Waals surface area contributed by atoms with Gasteiger partial charge >= 0.3 is 11.9 Å². The van der Waals surface area contributed by atoms with E-state index in [0.29, 0.717) is 5.56 Å². The zero-order chi connectivity index (χ0) is 28.3. The quantitative estimate of drug-likeness (QED) is 0.111. The minimum absolute atomic E-state index is 0.0141. The van der Waals surface area contributed by atoms with Gasteiger partial charge in [0.2, 0.25) is 23.6 Å². The van der Waals surface area contributed by atoms with Crippen LogP contribution >= 0.6 is 0 Å². The minimum Gasteiger partial charge on any atom is -0.508 e. The number of carboxylic acids is 2. The molecule has 1 aromatic carbocycles. The Kier molecular flexibility index (Phi) is 11.9. The zero-order valence-corrected chi connectivity index (χ0v) is 19.9. The number of phenolic OH excluding ortho intramolecular Hbond substituents is 1. The maximum absolute atomic E-state index is 12.8. The SMILES string of the molecule is CC(O)C(NC(=O)C(N)Cc1ccc(O)cc1)C(=O)NC(CCC(N)=O)C(=O)NC(CC(=O)O)C(=O)O. The number of aliphatic hydroxyl groups is 1. The van der Waals surface area contributed by atoms with E-state index < -0.39 is 78.7 Å². The molecule has 37 heavy (non-hydrogen) atoms. The van der Waals surface area contributed by atoms with Gasteiger partial charge in [-0.2, -0.15) is 0 Å². The molecule has 11 N–H and O–H groups in total. The molecule has 0 aliphatic heterocycles. The van der Waals surface area contributed by atoms with Crippen molar-refractivity contribution >= 4 is 35.6 Å². The average Bonchev–Trinajstić information content (AvgIpc) is 2.79. The summed E-state index contributed by atoms with van der Waals surface area (Å²) in [4.78, 5) is 71.3. The van der Waals surface area contributed by atoms with E-state index in [2.05, 4.69) is 10.6 Å². The molecule has 5 atom stereocenters. The second-order valence-electron chi connectivity index (χ2n) is 8.27. The molecule has 0 saturated heterocycles. The Balaban J connectivity index is 2.96. The second kappa shape index (κ2) is 14.4. The Labute approximate surface area is 211 Å². The number of carboxylic acid groups (broad SMARTS) is 2. The highest BCUT2D eigenvalue weighted by Gasteiger charge is 2.33. The summed E-state index contributed by atoms with van der Waals surface area (Å²) in [6, 6.07) is -0.265. The lowest BCUT2D eigenvalue weighted by atomic mass is 10.0. The molecule has 0 radical (unpaired) electrons. The van der Waals surface area contributed by atoms with Crippen molar-refractivity contribution in [3.05, 3.63) is 29.8 Å². The van der Waals surface area contributed by atoms with Gasteiger partial charge in [-0.3, -0.25) is 24.0 Å². The molecule has 0 spiro atoms. The predicted molar refractivity (Wildman–Crippen MR) is 126 cm³/mol. The number of aromatic hydroxyl groups is 1. The van der Waals surface area contributed by atoms with Crippen molar-refractivity contribution in [1.29, 1.82) is 0 Å². The first-order chi connectivity index (χ1) is 17.2. The number of nitrogens with one attached hydrogen (secondary N) is 3. The lowest BCUT2D eigenvalue weighted by Gasteiger charge is -2.26. The third kappa shape index (κ3) is 10.9. The molecular weight excluding hydrogens is 494 g/mol. The number of primary amides is 1. The lowest BCUT2D eigenvalue weighted by molar-refractivity contribution is -0.147. The number of nitrogens with two attached hydrogens (primary N) is 2. The van der Waals surface area contributed by atoms with Crippen LogP contribution in [0.1, 0.15) is 31.7 Å². The molecule has 4 amide bonds. The van der Waals surface area contributed by atoms with Gasteiger partial charge in [-0.05, 0) is 37.5 Å². The zero-order valence-electron chi connectivity index (χ0n) is 19.9. The molecule has 1 rings (SSSR count). The maximum Gasteiger partial charge on any atom is 0.326 e. The highest BCUT2D eigenvalue weighted by Crippen LogP contribution is 2.11. The summed E-state index contributed by atoms with van der Waals surface area (Å²) in [6.07, 6.45) is -3.18. The van der Waals surface area contributed by atoms with Crippen LogP contribution in [0.3, 0.4) is 0 Å². The van der Waals surface area contributed by atoms with E-state index in [9.17, 15) is 39.0 Å². The molecule has 1 aromatic rings. The fraction of sp³-hybridized carbons (Fsp3) is 0.455. The van der Waals surface area contributed by atoms with Crippen molar-refractivity contribution in [2.75, 3.05) is 0 Å². The molecule has 0 heterocycles. The summed E-state index contributed by atoms with van der Waals surface area (Å²) in [5.41, 5.74) is 11.6. The van der Waals surface area contributed by atoms with Crippen molar-refractivity contribution in [3.8, 4) is 5.75 Å². The van der Waals surface area contributed by atoms with Gasteiger partial charge in [-0.15, -0.1) is 0 Å². The molecule has 0 aliphatic rings. The Morgan fingerprint density at radius 2 is 1.46 bits per heavy atom. The van der Waals surface area contributed by atoms with Crippen molar-refractivity contribution in [1.82, 2.24) is 16.0 Å². The summed E-state index contributed by atoms with van der Waals surface area (Å²) < 4.78 is 0. The molecule has 0 aliphatic carbocycles. The van der Waals surface area contributed by atoms with Crippen LogP contribution < -0.4 is 27.4 Å². The first-order valence-electron chi connectivity index (χ1n) is 11.1. The first kappa shape index (κ1) is 30.8. The van der Waals surface area contributed by atoms with Gasteiger partial charge in [-0.25, -0.2) is 4.79 Å². The molecule has 5 unspecified atom stereocenters. The maximum atomic E-state index is 12.8. The number of hydrogen-bond donors (Lipinski definition) is 9. The van der Waals surface area contributed by atoms with E-state index in [1.807, 2.05) is 5.32 Å². The molecule has 0 bridgehead atoms. The topological polar surface area (TPSA) is 271 Å². The van der Waals surface area contributed by atoms with Crippen molar-refractivity contribution in [3.63, 3.8) is 0 Å². The van der Waals surface area contributed by atoms with Crippen LogP contribution in [0.4, 0.5) is 0 Å². The monoisotopic (exact) mass is 525 g/mol. The van der Waals surface area contributed by atoms with E-state index in [0.717, 1.165) is 0 Å². The average molecular weight is 526 g/mol. The Bertz CT molecular complexity index is 998. The fourth-order valence-corrected chi connectivity index (χ4v) is 3.11. The van der Waals surface area contributed by atoms with Crippen LogP contribution in [0, 0.1) is 0 Å². The van der Waals surface area contributed by atoms with Crippen molar-refractivity contribution in [2.45, 2.75) is 62.9 Å². The number of benzene rings is 1. The van der Waals surface area contributed by atoms with E-state index >= 15 is 0 Å². The largest absolute Gasteiger partial charge is 0.508 e. The molecule has 15 nitrogen and oxygen atoms in total. The standard InChI is InChI=1S/C22H31N5O10/c1-10(28)18(27-19(33)13(23)8-11-2-4-12(29)5-3-11)21(35)25-14(6-7-16(24)30)20(34)26-15(22(36)37)9-17(31)32/h2-5,10,13-15,18,28-29H,6-9,23H2,1H3,(H2,24,30)(H,25,35)(H,26,34)(H,27,33)(H,31,32)(H,36,37). The Morgan fingerprint density at radius 1 is 0.892 bits per heavy atom. The molecule has 0 saturated carbocycles. The molecule has 204 valence electrons. The van der Waals surface area contributed by atoms with Gasteiger partial charge in [-0.1, -0.05) is 12.1 Å². The van der Waals surface area contributed by atoms with Gasteiger partial charge in [0.05, 0.1) is 18.6 Å². The van der Waals surface area contributed by atoms with E-state index in [1.165, 1.54) is 31.2 Å². The number of carbonyl (C=O) groups excluding carboxylic acids is 4. The van der Waals surface area contributed by atoms with Crippen molar-refractivity contribution in [2.24, 2.45) is 11.5 Å². The molecular formula is C22H31N5O10. The molecule has 0 aromatic heterocycles. The van der Waals surface area contributed by atoms with E-state index in [-0.39, 0.29) is 18.6 Å². The second-order valence-corrected chi connectivity index (χ2v) is 8.27. The van der Waals surface area contributed by atoms with Gasteiger partial charge < -0.3 is 47.8 Å². The van der Waals surface area contributed by atoms with Crippen LogP contribution in [0.2, 0.25) is 0 Å².